The van der Waals surface area contributed by atoms with Crippen LogP contribution in [0.3, 0.4) is 0 Å². The Morgan fingerprint density at radius 2 is 2.07 bits per heavy atom. The Morgan fingerprint density at radius 1 is 1.21 bits per heavy atom. The van der Waals surface area contributed by atoms with E-state index in [1.54, 1.807) is 0 Å². The molecule has 1 saturated carbocycles. The summed E-state index contributed by atoms with van der Waals surface area (Å²) < 4.78 is 5.52. The van der Waals surface area contributed by atoms with Gasteiger partial charge in [0.25, 0.3) is 0 Å². The van der Waals surface area contributed by atoms with Gasteiger partial charge in [-0.15, -0.1) is 0 Å². The van der Waals surface area contributed by atoms with Gasteiger partial charge in [0.15, 0.2) is 0 Å². The van der Waals surface area contributed by atoms with Gasteiger partial charge in [-0.05, 0) is 25.2 Å². The predicted molar refractivity (Wildman–Crippen MR) is 55.2 cm³/mol. The van der Waals surface area contributed by atoms with Crippen molar-refractivity contribution in [3.63, 3.8) is 0 Å². The molecule has 0 amide bonds. The lowest BCUT2D eigenvalue weighted by Crippen LogP contribution is -2.34. The van der Waals surface area contributed by atoms with E-state index in [9.17, 15) is 0 Å². The zero-order valence-electron chi connectivity index (χ0n) is 8.82. The molecule has 2 rings (SSSR count). The van der Waals surface area contributed by atoms with Crippen LogP contribution in [0.2, 0.25) is 0 Å². The molecule has 1 saturated heterocycles. The first-order chi connectivity index (χ1) is 6.88. The molecule has 1 aliphatic heterocycles. The number of nitrogens with zero attached hydrogens (tertiary/aromatic N) is 1. The van der Waals surface area contributed by atoms with Crippen LogP contribution in [-0.4, -0.2) is 49.0 Å². The van der Waals surface area contributed by atoms with E-state index in [0.29, 0.717) is 0 Å². The third kappa shape index (κ3) is 2.69. The first-order valence-electron chi connectivity index (χ1n) is 5.83. The van der Waals surface area contributed by atoms with Crippen LogP contribution >= 0.6 is 0 Å². The van der Waals surface area contributed by atoms with Crippen molar-refractivity contribution < 1.29 is 9.84 Å². The van der Waals surface area contributed by atoms with E-state index in [2.05, 4.69) is 4.90 Å². The minimum atomic E-state index is 0.0846. The summed E-state index contributed by atoms with van der Waals surface area (Å²) >= 11 is 0. The van der Waals surface area contributed by atoms with Gasteiger partial charge in [0.05, 0.1) is 19.3 Å². The van der Waals surface area contributed by atoms with Crippen molar-refractivity contribution in [3.05, 3.63) is 0 Å². The standard InChI is InChI=1S/C11H21NO2/c13-9-11-4-5-12(6-7-14-11)8-10-2-1-3-10/h10-11,13H,1-9H2. The molecule has 0 aromatic heterocycles. The van der Waals surface area contributed by atoms with Gasteiger partial charge < -0.3 is 14.7 Å². The molecule has 2 aliphatic rings. The van der Waals surface area contributed by atoms with Crippen LogP contribution < -0.4 is 0 Å². The monoisotopic (exact) mass is 199 g/mol. The fraction of sp³-hybridized carbons (Fsp3) is 1.00. The van der Waals surface area contributed by atoms with Crippen LogP contribution in [0.5, 0.6) is 0 Å². The fourth-order valence-corrected chi connectivity index (χ4v) is 2.24. The predicted octanol–water partition coefficient (Wildman–Crippen LogP) is 0.870. The van der Waals surface area contributed by atoms with Crippen LogP contribution in [0.4, 0.5) is 0 Å². The normalized spacial score (nSPS) is 31.1. The van der Waals surface area contributed by atoms with Crippen molar-refractivity contribution >= 4 is 0 Å². The molecule has 1 unspecified atom stereocenters. The van der Waals surface area contributed by atoms with Crippen LogP contribution in [0.25, 0.3) is 0 Å². The van der Waals surface area contributed by atoms with Gasteiger partial charge in [-0.2, -0.15) is 0 Å². The van der Waals surface area contributed by atoms with Crippen molar-refractivity contribution in [1.29, 1.82) is 0 Å². The summed E-state index contributed by atoms with van der Waals surface area (Å²) in [6.45, 7) is 4.37. The molecular formula is C11H21NO2. The lowest BCUT2D eigenvalue weighted by Gasteiger charge is -2.31. The van der Waals surface area contributed by atoms with E-state index in [1.807, 2.05) is 0 Å². The second kappa shape index (κ2) is 5.10. The zero-order chi connectivity index (χ0) is 9.80. The van der Waals surface area contributed by atoms with Crippen LogP contribution in [0, 0.1) is 5.92 Å². The molecule has 0 aromatic carbocycles. The van der Waals surface area contributed by atoms with Gasteiger partial charge in [0.1, 0.15) is 0 Å². The third-order valence-corrected chi connectivity index (χ3v) is 3.47. The summed E-state index contributed by atoms with van der Waals surface area (Å²) in [4.78, 5) is 2.50. The summed E-state index contributed by atoms with van der Waals surface area (Å²) in [6.07, 6.45) is 5.33. The molecule has 1 heterocycles. The molecule has 1 atom stereocenters. The van der Waals surface area contributed by atoms with Crippen LogP contribution in [0.1, 0.15) is 25.7 Å². The van der Waals surface area contributed by atoms with Gasteiger partial charge in [0.2, 0.25) is 0 Å². The van der Waals surface area contributed by atoms with Crippen molar-refractivity contribution in [2.75, 3.05) is 32.8 Å². The van der Waals surface area contributed by atoms with Crippen molar-refractivity contribution in [1.82, 2.24) is 4.90 Å². The topological polar surface area (TPSA) is 32.7 Å². The quantitative estimate of drug-likeness (QED) is 0.732. The second-order valence-electron chi connectivity index (χ2n) is 4.56. The smallest absolute Gasteiger partial charge is 0.0818 e. The Kier molecular flexibility index (Phi) is 3.79. The zero-order valence-corrected chi connectivity index (χ0v) is 8.82. The molecule has 3 nitrogen and oxygen atoms in total. The van der Waals surface area contributed by atoms with E-state index in [1.165, 1.54) is 25.8 Å². The molecule has 0 aromatic rings. The molecule has 82 valence electrons. The van der Waals surface area contributed by atoms with Crippen molar-refractivity contribution in [3.8, 4) is 0 Å². The Balaban J connectivity index is 1.71. The Morgan fingerprint density at radius 3 is 2.71 bits per heavy atom. The first kappa shape index (κ1) is 10.4. The molecule has 14 heavy (non-hydrogen) atoms. The molecule has 2 fully saturated rings. The second-order valence-corrected chi connectivity index (χ2v) is 4.56. The average molecular weight is 199 g/mol. The molecule has 1 N–H and O–H groups in total. The number of aliphatic hydroxyl groups excluding tert-OH is 1. The van der Waals surface area contributed by atoms with E-state index in [0.717, 1.165) is 32.0 Å². The maximum atomic E-state index is 9.00. The molecule has 0 bridgehead atoms. The summed E-state index contributed by atoms with van der Waals surface area (Å²) in [7, 11) is 0. The number of aliphatic hydroxyl groups is 1. The van der Waals surface area contributed by atoms with Crippen LogP contribution in [0.15, 0.2) is 0 Å². The molecule has 1 aliphatic carbocycles. The molecular weight excluding hydrogens is 178 g/mol. The van der Waals surface area contributed by atoms with Crippen molar-refractivity contribution in [2.45, 2.75) is 31.8 Å². The van der Waals surface area contributed by atoms with E-state index >= 15 is 0 Å². The number of hydrogen-bond donors (Lipinski definition) is 1. The largest absolute Gasteiger partial charge is 0.394 e. The van der Waals surface area contributed by atoms with Gasteiger partial charge >= 0.3 is 0 Å². The minimum absolute atomic E-state index is 0.0846. The maximum Gasteiger partial charge on any atom is 0.0818 e. The molecule has 0 spiro atoms. The van der Waals surface area contributed by atoms with Gasteiger partial charge in [-0.25, -0.2) is 0 Å². The number of ether oxygens (including phenoxy) is 1. The maximum absolute atomic E-state index is 9.00. The number of hydrogen-bond acceptors (Lipinski definition) is 3. The molecule has 3 heteroatoms. The summed E-state index contributed by atoms with van der Waals surface area (Å²) in [6, 6.07) is 0. The fourth-order valence-electron chi connectivity index (χ4n) is 2.24. The van der Waals surface area contributed by atoms with E-state index < -0.39 is 0 Å². The Hall–Kier alpha value is -0.120. The van der Waals surface area contributed by atoms with Gasteiger partial charge in [-0.3, -0.25) is 0 Å². The Labute approximate surface area is 86.0 Å². The van der Waals surface area contributed by atoms with Gasteiger partial charge in [-0.1, -0.05) is 6.42 Å². The number of rotatable bonds is 3. The van der Waals surface area contributed by atoms with Crippen LogP contribution in [-0.2, 0) is 4.74 Å². The van der Waals surface area contributed by atoms with E-state index in [-0.39, 0.29) is 12.7 Å². The Bertz CT molecular complexity index is 171. The highest BCUT2D eigenvalue weighted by molar-refractivity contribution is 4.76. The highest BCUT2D eigenvalue weighted by Gasteiger charge is 2.23. The molecule has 0 radical (unpaired) electrons. The lowest BCUT2D eigenvalue weighted by molar-refractivity contribution is 0.0206. The lowest BCUT2D eigenvalue weighted by atomic mass is 9.85. The highest BCUT2D eigenvalue weighted by Crippen LogP contribution is 2.27. The first-order valence-corrected chi connectivity index (χ1v) is 5.83. The minimum Gasteiger partial charge on any atom is -0.394 e. The van der Waals surface area contributed by atoms with Gasteiger partial charge in [0, 0.05) is 19.6 Å². The average Bonchev–Trinajstić information content (AvgIpc) is 2.36. The summed E-state index contributed by atoms with van der Waals surface area (Å²) in [5.74, 6) is 0.945. The van der Waals surface area contributed by atoms with E-state index in [4.69, 9.17) is 9.84 Å². The SMILES string of the molecule is OCC1CCN(CC2CCC2)CCO1. The summed E-state index contributed by atoms with van der Waals surface area (Å²) in [5, 5.41) is 9.00. The highest BCUT2D eigenvalue weighted by atomic mass is 16.5. The van der Waals surface area contributed by atoms with Crippen molar-refractivity contribution in [2.24, 2.45) is 5.92 Å². The summed E-state index contributed by atoms with van der Waals surface area (Å²) in [5.41, 5.74) is 0. The third-order valence-electron chi connectivity index (χ3n) is 3.47.